The van der Waals surface area contributed by atoms with Crippen LogP contribution in [0.2, 0.25) is 0 Å². The van der Waals surface area contributed by atoms with Crippen molar-refractivity contribution in [3.8, 4) is 0 Å². The Labute approximate surface area is 151 Å². The fourth-order valence-electron chi connectivity index (χ4n) is 3.38. The van der Waals surface area contributed by atoms with Crippen molar-refractivity contribution >= 4 is 27.5 Å². The molecule has 2 aliphatic rings. The van der Waals surface area contributed by atoms with Gasteiger partial charge in [0.05, 0.1) is 19.3 Å². The van der Waals surface area contributed by atoms with E-state index in [4.69, 9.17) is 14.2 Å². The summed E-state index contributed by atoms with van der Waals surface area (Å²) in [7, 11) is 1.60. The van der Waals surface area contributed by atoms with Gasteiger partial charge < -0.3 is 19.1 Å². The molecule has 0 aliphatic carbocycles. The Hall–Kier alpha value is -0.950. The number of amides is 1. The molecule has 0 bridgehead atoms. The first-order valence-corrected chi connectivity index (χ1v) is 9.27. The fourth-order valence-corrected chi connectivity index (χ4v) is 3.64. The number of anilines is 1. The van der Waals surface area contributed by atoms with Gasteiger partial charge in [-0.05, 0) is 43.5 Å². The van der Waals surface area contributed by atoms with Gasteiger partial charge in [0.25, 0.3) is 5.91 Å². The van der Waals surface area contributed by atoms with E-state index >= 15 is 0 Å². The third kappa shape index (κ3) is 4.17. The molecule has 0 aromatic heterocycles. The maximum absolute atomic E-state index is 13.2. The zero-order valence-electron chi connectivity index (χ0n) is 13.9. The summed E-state index contributed by atoms with van der Waals surface area (Å²) in [5, 5.41) is 0. The number of rotatable bonds is 6. The quantitative estimate of drug-likeness (QED) is 0.739. The number of benzene rings is 1. The summed E-state index contributed by atoms with van der Waals surface area (Å²) in [6.45, 7) is 2.62. The maximum Gasteiger partial charge on any atom is 0.256 e. The van der Waals surface area contributed by atoms with Crippen LogP contribution >= 0.6 is 15.9 Å². The van der Waals surface area contributed by atoms with E-state index in [0.29, 0.717) is 19.8 Å². The number of carbonyl (C=O) groups is 1. The predicted molar refractivity (Wildman–Crippen MR) is 95.2 cm³/mol. The molecule has 24 heavy (non-hydrogen) atoms. The van der Waals surface area contributed by atoms with Crippen LogP contribution in [0, 0.1) is 5.92 Å². The molecule has 2 fully saturated rings. The number of halogens is 1. The number of hydrogen-bond acceptors (Lipinski definition) is 4. The monoisotopic (exact) mass is 397 g/mol. The van der Waals surface area contributed by atoms with E-state index in [9.17, 15) is 4.79 Å². The van der Waals surface area contributed by atoms with Crippen molar-refractivity contribution in [3.05, 3.63) is 28.7 Å². The zero-order valence-corrected chi connectivity index (χ0v) is 15.5. The van der Waals surface area contributed by atoms with Crippen LogP contribution in [0.15, 0.2) is 28.7 Å². The molecular weight excluding hydrogens is 374 g/mol. The largest absolute Gasteiger partial charge is 0.381 e. The van der Waals surface area contributed by atoms with Crippen LogP contribution in [-0.4, -0.2) is 51.6 Å². The highest BCUT2D eigenvalue weighted by molar-refractivity contribution is 9.10. The topological polar surface area (TPSA) is 48.0 Å². The maximum atomic E-state index is 13.2. The van der Waals surface area contributed by atoms with Crippen molar-refractivity contribution < 1.29 is 19.0 Å². The molecule has 1 aromatic carbocycles. The van der Waals surface area contributed by atoms with Gasteiger partial charge in [-0.2, -0.15) is 0 Å². The second-order valence-electron chi connectivity index (χ2n) is 6.34. The van der Waals surface area contributed by atoms with Gasteiger partial charge in [-0.15, -0.1) is 0 Å². The standard InChI is InChI=1S/C18H24BrNO4/c1-22-17(13-8-10-23-12-13)18(21)20(11-16-3-2-9-24-16)15-6-4-14(19)5-7-15/h4-7,13,16-17H,2-3,8-12H2,1H3. The van der Waals surface area contributed by atoms with Crippen molar-refractivity contribution in [2.45, 2.75) is 31.5 Å². The molecule has 3 atom stereocenters. The first-order valence-electron chi connectivity index (χ1n) is 8.48. The number of ether oxygens (including phenoxy) is 3. The Morgan fingerprint density at radius 2 is 2.12 bits per heavy atom. The van der Waals surface area contributed by atoms with E-state index in [0.717, 1.165) is 36.0 Å². The first-order chi connectivity index (χ1) is 11.7. The Balaban J connectivity index is 1.81. The highest BCUT2D eigenvalue weighted by Gasteiger charge is 2.36. The summed E-state index contributed by atoms with van der Waals surface area (Å²) in [5.41, 5.74) is 0.875. The van der Waals surface area contributed by atoms with E-state index in [2.05, 4.69) is 15.9 Å². The molecule has 132 valence electrons. The lowest BCUT2D eigenvalue weighted by atomic mass is 10.00. The van der Waals surface area contributed by atoms with E-state index in [1.165, 1.54) is 0 Å². The highest BCUT2D eigenvalue weighted by Crippen LogP contribution is 2.26. The van der Waals surface area contributed by atoms with Gasteiger partial charge in [-0.3, -0.25) is 4.79 Å². The molecule has 3 rings (SSSR count). The molecular formula is C18H24BrNO4. The van der Waals surface area contributed by atoms with Crippen LogP contribution in [0.5, 0.6) is 0 Å². The third-order valence-electron chi connectivity index (χ3n) is 4.70. The van der Waals surface area contributed by atoms with Crippen LogP contribution in [0.25, 0.3) is 0 Å². The molecule has 2 aliphatic heterocycles. The van der Waals surface area contributed by atoms with Crippen LogP contribution < -0.4 is 4.90 Å². The molecule has 0 spiro atoms. The molecule has 2 saturated heterocycles. The van der Waals surface area contributed by atoms with Gasteiger partial charge in [0.15, 0.2) is 0 Å². The SMILES string of the molecule is COC(C(=O)N(CC1CCCO1)c1ccc(Br)cc1)C1CCOC1. The molecule has 1 aromatic rings. The Bertz CT molecular complexity index is 538. The number of nitrogens with zero attached hydrogens (tertiary/aromatic N) is 1. The minimum atomic E-state index is -0.474. The van der Waals surface area contributed by atoms with Crippen LogP contribution in [-0.2, 0) is 19.0 Å². The van der Waals surface area contributed by atoms with Crippen LogP contribution in [0.4, 0.5) is 5.69 Å². The second-order valence-corrected chi connectivity index (χ2v) is 7.26. The van der Waals surface area contributed by atoms with Crippen molar-refractivity contribution in [2.75, 3.05) is 38.4 Å². The lowest BCUT2D eigenvalue weighted by Crippen LogP contribution is -2.47. The minimum Gasteiger partial charge on any atom is -0.381 e. The Morgan fingerprint density at radius 3 is 2.71 bits per heavy atom. The first kappa shape index (κ1) is 17.9. The number of hydrogen-bond donors (Lipinski definition) is 0. The Kier molecular flexibility index (Phi) is 6.27. The zero-order chi connectivity index (χ0) is 16.9. The molecule has 2 heterocycles. The summed E-state index contributed by atoms with van der Waals surface area (Å²) in [4.78, 5) is 15.0. The van der Waals surface area contributed by atoms with E-state index in [-0.39, 0.29) is 17.9 Å². The molecule has 0 radical (unpaired) electrons. The van der Waals surface area contributed by atoms with Crippen molar-refractivity contribution in [1.82, 2.24) is 0 Å². The second kappa shape index (κ2) is 8.43. The lowest BCUT2D eigenvalue weighted by Gasteiger charge is -2.30. The lowest BCUT2D eigenvalue weighted by molar-refractivity contribution is -0.131. The Morgan fingerprint density at radius 1 is 1.33 bits per heavy atom. The van der Waals surface area contributed by atoms with Gasteiger partial charge in [0, 0.05) is 36.4 Å². The van der Waals surface area contributed by atoms with Crippen molar-refractivity contribution in [1.29, 1.82) is 0 Å². The van der Waals surface area contributed by atoms with Crippen molar-refractivity contribution in [3.63, 3.8) is 0 Å². The summed E-state index contributed by atoms with van der Waals surface area (Å²) in [6, 6.07) is 7.81. The molecule has 5 nitrogen and oxygen atoms in total. The number of methoxy groups -OCH3 is 1. The van der Waals surface area contributed by atoms with Gasteiger partial charge >= 0.3 is 0 Å². The molecule has 6 heteroatoms. The van der Waals surface area contributed by atoms with E-state index in [1.807, 2.05) is 29.2 Å². The fraction of sp³-hybridized carbons (Fsp3) is 0.611. The smallest absolute Gasteiger partial charge is 0.256 e. The minimum absolute atomic E-state index is 0.00850. The summed E-state index contributed by atoms with van der Waals surface area (Å²) >= 11 is 3.45. The molecule has 1 amide bonds. The predicted octanol–water partition coefficient (Wildman–Crippen LogP) is 3.01. The van der Waals surface area contributed by atoms with Gasteiger partial charge in [0.1, 0.15) is 6.10 Å². The van der Waals surface area contributed by atoms with Crippen molar-refractivity contribution in [2.24, 2.45) is 5.92 Å². The summed E-state index contributed by atoms with van der Waals surface area (Å²) in [5.74, 6) is 0.107. The highest BCUT2D eigenvalue weighted by atomic mass is 79.9. The molecule has 3 unspecified atom stereocenters. The average molecular weight is 398 g/mol. The number of carbonyl (C=O) groups excluding carboxylic acids is 1. The van der Waals surface area contributed by atoms with E-state index in [1.54, 1.807) is 7.11 Å². The van der Waals surface area contributed by atoms with Gasteiger partial charge in [0.2, 0.25) is 0 Å². The van der Waals surface area contributed by atoms with Gasteiger partial charge in [-0.1, -0.05) is 15.9 Å². The normalized spacial score (nSPS) is 24.9. The average Bonchev–Trinajstić information content (AvgIpc) is 3.28. The summed E-state index contributed by atoms with van der Waals surface area (Å²) in [6.07, 6.45) is 2.52. The molecule has 0 N–H and O–H groups in total. The van der Waals surface area contributed by atoms with Crippen LogP contribution in [0.1, 0.15) is 19.3 Å². The summed E-state index contributed by atoms with van der Waals surface area (Å²) < 4.78 is 17.7. The molecule has 0 saturated carbocycles. The third-order valence-corrected chi connectivity index (χ3v) is 5.23. The van der Waals surface area contributed by atoms with Crippen LogP contribution in [0.3, 0.4) is 0 Å². The van der Waals surface area contributed by atoms with E-state index < -0.39 is 6.10 Å². The van der Waals surface area contributed by atoms with Gasteiger partial charge in [-0.25, -0.2) is 0 Å².